The lowest BCUT2D eigenvalue weighted by Gasteiger charge is -2.32. The lowest BCUT2D eigenvalue weighted by molar-refractivity contribution is 0.0978. The third-order valence-electron chi connectivity index (χ3n) is 5.51. The van der Waals surface area contributed by atoms with Gasteiger partial charge in [-0.2, -0.15) is 0 Å². The molecule has 4 nitrogen and oxygen atoms in total. The van der Waals surface area contributed by atoms with E-state index in [0.29, 0.717) is 10.7 Å². The summed E-state index contributed by atoms with van der Waals surface area (Å²) in [5.41, 5.74) is 2.68. The second-order valence-electron chi connectivity index (χ2n) is 7.69. The van der Waals surface area contributed by atoms with E-state index in [4.69, 9.17) is 12.2 Å². The largest absolute Gasteiger partial charge is 0.372 e. The molecular weight excluding hydrogens is 378 g/mol. The van der Waals surface area contributed by atoms with Crippen LogP contribution in [-0.4, -0.2) is 24.1 Å². The van der Waals surface area contributed by atoms with E-state index in [1.165, 1.54) is 18.5 Å². The molecule has 3 aromatic carbocycles. The summed E-state index contributed by atoms with van der Waals surface area (Å²) in [5, 5.41) is 8.29. The Labute approximate surface area is 176 Å². The number of nitrogens with zero attached hydrogens (tertiary/aromatic N) is 1. The van der Waals surface area contributed by atoms with E-state index < -0.39 is 0 Å². The van der Waals surface area contributed by atoms with Crippen LogP contribution in [0.2, 0.25) is 0 Å². The summed E-state index contributed by atoms with van der Waals surface area (Å²) >= 11 is 5.33. The summed E-state index contributed by atoms with van der Waals surface area (Å²) in [5.74, 6) is 0.600. The van der Waals surface area contributed by atoms with E-state index in [-0.39, 0.29) is 5.91 Å². The minimum absolute atomic E-state index is 0.215. The Morgan fingerprint density at radius 2 is 1.66 bits per heavy atom. The maximum atomic E-state index is 12.5. The van der Waals surface area contributed by atoms with Crippen molar-refractivity contribution >= 4 is 45.4 Å². The number of benzene rings is 3. The molecule has 1 aliphatic heterocycles. The van der Waals surface area contributed by atoms with Crippen molar-refractivity contribution < 1.29 is 4.79 Å². The van der Waals surface area contributed by atoms with Crippen LogP contribution in [0.4, 0.5) is 11.4 Å². The first-order chi connectivity index (χ1) is 14.1. The molecule has 0 saturated carbocycles. The predicted octanol–water partition coefficient (Wildman–Crippen LogP) is 5.20. The molecule has 1 heterocycles. The third kappa shape index (κ3) is 4.74. The van der Waals surface area contributed by atoms with E-state index in [0.717, 1.165) is 35.5 Å². The maximum absolute atomic E-state index is 12.5. The molecule has 0 radical (unpaired) electrons. The standard InChI is InChI=1S/C24H25N3OS/c1-17-12-14-27(15-13-17)22-10-8-21(9-11-22)25-24(29)26-23(28)20-7-6-18-4-2-3-5-19(18)16-20/h2-11,16-17H,12-15H2,1H3,(H2,25,26,28,29). The molecule has 1 amide bonds. The molecular formula is C24H25N3OS. The summed E-state index contributed by atoms with van der Waals surface area (Å²) in [4.78, 5) is 15.0. The first-order valence-electron chi connectivity index (χ1n) is 10.0. The molecule has 5 heteroatoms. The second-order valence-corrected chi connectivity index (χ2v) is 8.09. The zero-order valence-electron chi connectivity index (χ0n) is 16.5. The van der Waals surface area contributed by atoms with Gasteiger partial charge in [0.1, 0.15) is 0 Å². The molecule has 0 bridgehead atoms. The van der Waals surface area contributed by atoms with Crippen molar-refractivity contribution in [2.75, 3.05) is 23.3 Å². The number of nitrogens with one attached hydrogen (secondary N) is 2. The highest BCUT2D eigenvalue weighted by molar-refractivity contribution is 7.80. The summed E-state index contributed by atoms with van der Waals surface area (Å²) in [6, 6.07) is 21.8. The van der Waals surface area contributed by atoms with Crippen LogP contribution < -0.4 is 15.5 Å². The lowest BCUT2D eigenvalue weighted by Crippen LogP contribution is -2.34. The molecule has 0 atom stereocenters. The number of carbonyl (C=O) groups is 1. The number of anilines is 2. The smallest absolute Gasteiger partial charge is 0.257 e. The number of fused-ring (bicyclic) bond motifs is 1. The number of carbonyl (C=O) groups excluding carboxylic acids is 1. The topological polar surface area (TPSA) is 44.4 Å². The molecule has 148 valence electrons. The zero-order chi connectivity index (χ0) is 20.2. The third-order valence-corrected chi connectivity index (χ3v) is 5.72. The minimum Gasteiger partial charge on any atom is -0.372 e. The zero-order valence-corrected chi connectivity index (χ0v) is 17.3. The van der Waals surface area contributed by atoms with Crippen molar-refractivity contribution in [3.63, 3.8) is 0 Å². The quantitative estimate of drug-likeness (QED) is 0.590. The Bertz CT molecular complexity index is 1020. The molecule has 1 aliphatic rings. The number of hydrogen-bond donors (Lipinski definition) is 2. The van der Waals surface area contributed by atoms with E-state index in [9.17, 15) is 4.79 Å². The number of piperidine rings is 1. The molecule has 0 aliphatic carbocycles. The summed E-state index contributed by atoms with van der Waals surface area (Å²) < 4.78 is 0. The van der Waals surface area contributed by atoms with E-state index in [1.807, 2.05) is 54.6 Å². The number of hydrogen-bond acceptors (Lipinski definition) is 3. The number of thiocarbonyl (C=S) groups is 1. The summed E-state index contributed by atoms with van der Waals surface area (Å²) in [7, 11) is 0. The van der Waals surface area contributed by atoms with Gasteiger partial charge in [0.25, 0.3) is 5.91 Å². The predicted molar refractivity (Wildman–Crippen MR) is 125 cm³/mol. The molecule has 1 fully saturated rings. The summed E-state index contributed by atoms with van der Waals surface area (Å²) in [6.45, 7) is 4.53. The first-order valence-corrected chi connectivity index (χ1v) is 10.5. The Balaban J connectivity index is 1.35. The monoisotopic (exact) mass is 403 g/mol. The molecule has 3 aromatic rings. The Kier molecular flexibility index (Phi) is 5.76. The minimum atomic E-state index is -0.215. The van der Waals surface area contributed by atoms with Crippen molar-refractivity contribution in [1.29, 1.82) is 0 Å². The van der Waals surface area contributed by atoms with Gasteiger partial charge < -0.3 is 10.2 Å². The average molecular weight is 404 g/mol. The van der Waals surface area contributed by atoms with Gasteiger partial charge in [-0.05, 0) is 78.1 Å². The van der Waals surface area contributed by atoms with Gasteiger partial charge >= 0.3 is 0 Å². The van der Waals surface area contributed by atoms with Gasteiger partial charge in [0.05, 0.1) is 0 Å². The van der Waals surface area contributed by atoms with Crippen LogP contribution in [0.1, 0.15) is 30.1 Å². The highest BCUT2D eigenvalue weighted by Gasteiger charge is 2.16. The van der Waals surface area contributed by atoms with Gasteiger partial charge in [-0.25, -0.2) is 0 Å². The van der Waals surface area contributed by atoms with Gasteiger partial charge in [-0.15, -0.1) is 0 Å². The molecule has 4 rings (SSSR count). The van der Waals surface area contributed by atoms with Gasteiger partial charge in [0.2, 0.25) is 0 Å². The van der Waals surface area contributed by atoms with Crippen LogP contribution in [-0.2, 0) is 0 Å². The Morgan fingerprint density at radius 3 is 2.38 bits per heavy atom. The van der Waals surface area contributed by atoms with Gasteiger partial charge in [0, 0.05) is 30.0 Å². The summed E-state index contributed by atoms with van der Waals surface area (Å²) in [6.07, 6.45) is 2.48. The van der Waals surface area contributed by atoms with Crippen LogP contribution in [0.15, 0.2) is 66.7 Å². The van der Waals surface area contributed by atoms with Crippen molar-refractivity contribution in [3.05, 3.63) is 72.3 Å². The van der Waals surface area contributed by atoms with Gasteiger partial charge in [-0.3, -0.25) is 10.1 Å². The SMILES string of the molecule is CC1CCN(c2ccc(NC(=S)NC(=O)c3ccc4ccccc4c3)cc2)CC1. The van der Waals surface area contributed by atoms with Gasteiger partial charge in [0.15, 0.2) is 5.11 Å². The molecule has 0 spiro atoms. The van der Waals surface area contributed by atoms with Crippen LogP contribution in [0.3, 0.4) is 0 Å². The van der Waals surface area contributed by atoms with Crippen molar-refractivity contribution in [2.45, 2.75) is 19.8 Å². The fraction of sp³-hybridized carbons (Fsp3) is 0.250. The Hall–Kier alpha value is -2.92. The van der Waals surface area contributed by atoms with E-state index >= 15 is 0 Å². The first kappa shape index (κ1) is 19.4. The average Bonchev–Trinajstić information content (AvgIpc) is 2.74. The van der Waals surface area contributed by atoms with Crippen LogP contribution in [0.5, 0.6) is 0 Å². The normalized spacial score (nSPS) is 14.6. The molecule has 2 N–H and O–H groups in total. The fourth-order valence-electron chi connectivity index (χ4n) is 3.69. The van der Waals surface area contributed by atoms with E-state index in [2.05, 4.69) is 34.6 Å². The van der Waals surface area contributed by atoms with Gasteiger partial charge in [-0.1, -0.05) is 37.3 Å². The van der Waals surface area contributed by atoms with E-state index in [1.54, 1.807) is 0 Å². The molecule has 1 saturated heterocycles. The van der Waals surface area contributed by atoms with Crippen molar-refractivity contribution in [3.8, 4) is 0 Å². The molecule has 0 aromatic heterocycles. The highest BCUT2D eigenvalue weighted by Crippen LogP contribution is 2.24. The maximum Gasteiger partial charge on any atom is 0.257 e. The number of rotatable bonds is 3. The van der Waals surface area contributed by atoms with Crippen molar-refractivity contribution in [1.82, 2.24) is 5.32 Å². The lowest BCUT2D eigenvalue weighted by atomic mass is 9.99. The molecule has 29 heavy (non-hydrogen) atoms. The highest BCUT2D eigenvalue weighted by atomic mass is 32.1. The Morgan fingerprint density at radius 1 is 0.966 bits per heavy atom. The van der Waals surface area contributed by atoms with Crippen LogP contribution in [0.25, 0.3) is 10.8 Å². The fourth-order valence-corrected chi connectivity index (χ4v) is 3.90. The van der Waals surface area contributed by atoms with Crippen LogP contribution >= 0.6 is 12.2 Å². The van der Waals surface area contributed by atoms with Crippen molar-refractivity contribution in [2.24, 2.45) is 5.92 Å². The number of amides is 1. The second kappa shape index (κ2) is 8.62. The van der Waals surface area contributed by atoms with Crippen LogP contribution in [0, 0.1) is 5.92 Å². The molecule has 0 unspecified atom stereocenters.